The van der Waals surface area contributed by atoms with Crippen LogP contribution in [-0.4, -0.2) is 18.0 Å². The third-order valence-corrected chi connectivity index (χ3v) is 4.13. The average Bonchev–Trinajstić information content (AvgIpc) is 2.91. The molecule has 0 unspecified atom stereocenters. The minimum absolute atomic E-state index is 0.222. The first-order chi connectivity index (χ1) is 10.2. The number of carbonyl (C=O) groups excluding carboxylic acids is 1. The van der Waals surface area contributed by atoms with Gasteiger partial charge in [0.1, 0.15) is 5.75 Å². The lowest BCUT2D eigenvalue weighted by molar-refractivity contribution is 0.102. The minimum Gasteiger partial charge on any atom is -0.495 e. The number of anilines is 1. The summed E-state index contributed by atoms with van der Waals surface area (Å²) in [6.07, 6.45) is 0. The van der Waals surface area contributed by atoms with Crippen molar-refractivity contribution >= 4 is 33.1 Å². The van der Waals surface area contributed by atoms with Crippen LogP contribution in [0, 0.1) is 6.92 Å². The van der Waals surface area contributed by atoms with Gasteiger partial charge in [-0.2, -0.15) is 0 Å². The highest BCUT2D eigenvalue weighted by molar-refractivity contribution is 7.20. The molecule has 1 heterocycles. The Labute approximate surface area is 126 Å². The average molecular weight is 298 g/mol. The van der Waals surface area contributed by atoms with Gasteiger partial charge in [0.15, 0.2) is 5.01 Å². The fourth-order valence-electron chi connectivity index (χ4n) is 2.06. The van der Waals surface area contributed by atoms with Crippen LogP contribution in [-0.2, 0) is 0 Å². The Morgan fingerprint density at radius 3 is 2.81 bits per heavy atom. The molecule has 0 aliphatic rings. The second kappa shape index (κ2) is 5.54. The maximum absolute atomic E-state index is 12.3. The highest BCUT2D eigenvalue weighted by atomic mass is 32.1. The first kappa shape index (κ1) is 13.6. The van der Waals surface area contributed by atoms with Crippen LogP contribution in [0.1, 0.15) is 15.4 Å². The standard InChI is InChI=1S/C16H14N2O2S/c1-10-7-8-13(20-2)12(9-10)17-15(19)16-18-11-5-3-4-6-14(11)21-16/h3-9H,1-2H3,(H,17,19). The molecular formula is C16H14N2O2S. The Hall–Kier alpha value is -2.40. The topological polar surface area (TPSA) is 51.2 Å². The van der Waals surface area contributed by atoms with Crippen LogP contribution < -0.4 is 10.1 Å². The van der Waals surface area contributed by atoms with Crippen molar-refractivity contribution in [3.8, 4) is 5.75 Å². The number of methoxy groups -OCH3 is 1. The molecule has 2 aromatic carbocycles. The lowest BCUT2D eigenvalue weighted by Crippen LogP contribution is -2.12. The molecule has 0 fully saturated rings. The predicted octanol–water partition coefficient (Wildman–Crippen LogP) is 3.87. The highest BCUT2D eigenvalue weighted by Gasteiger charge is 2.14. The van der Waals surface area contributed by atoms with Gasteiger partial charge in [0.25, 0.3) is 5.91 Å². The van der Waals surface area contributed by atoms with Crippen LogP contribution in [0.4, 0.5) is 5.69 Å². The highest BCUT2D eigenvalue weighted by Crippen LogP contribution is 2.27. The molecule has 4 nitrogen and oxygen atoms in total. The smallest absolute Gasteiger partial charge is 0.284 e. The van der Waals surface area contributed by atoms with Gasteiger partial charge in [0, 0.05) is 0 Å². The van der Waals surface area contributed by atoms with Crippen molar-refractivity contribution in [1.82, 2.24) is 4.98 Å². The molecule has 3 aromatic rings. The molecule has 5 heteroatoms. The number of ether oxygens (including phenoxy) is 1. The van der Waals surface area contributed by atoms with Crippen LogP contribution in [0.2, 0.25) is 0 Å². The Bertz CT molecular complexity index is 778. The normalized spacial score (nSPS) is 10.6. The van der Waals surface area contributed by atoms with E-state index in [4.69, 9.17) is 4.74 Å². The largest absolute Gasteiger partial charge is 0.495 e. The molecule has 1 amide bonds. The quantitative estimate of drug-likeness (QED) is 0.798. The number of amides is 1. The number of carbonyl (C=O) groups is 1. The Balaban J connectivity index is 1.91. The van der Waals surface area contributed by atoms with Crippen LogP contribution in [0.15, 0.2) is 42.5 Å². The van der Waals surface area contributed by atoms with E-state index in [1.54, 1.807) is 7.11 Å². The van der Waals surface area contributed by atoms with E-state index < -0.39 is 0 Å². The van der Waals surface area contributed by atoms with Gasteiger partial charge >= 0.3 is 0 Å². The Morgan fingerprint density at radius 1 is 1.24 bits per heavy atom. The van der Waals surface area contributed by atoms with Gasteiger partial charge < -0.3 is 10.1 Å². The van der Waals surface area contributed by atoms with Crippen LogP contribution in [0.25, 0.3) is 10.2 Å². The zero-order chi connectivity index (χ0) is 14.8. The summed E-state index contributed by atoms with van der Waals surface area (Å²) in [5.74, 6) is 0.412. The molecular weight excluding hydrogens is 284 g/mol. The van der Waals surface area contributed by atoms with Crippen molar-refractivity contribution in [1.29, 1.82) is 0 Å². The molecule has 106 valence electrons. The molecule has 0 aliphatic carbocycles. The number of nitrogens with zero attached hydrogens (tertiary/aromatic N) is 1. The molecule has 3 rings (SSSR count). The number of hydrogen-bond acceptors (Lipinski definition) is 4. The monoisotopic (exact) mass is 298 g/mol. The second-order valence-electron chi connectivity index (χ2n) is 4.64. The van der Waals surface area contributed by atoms with Gasteiger partial charge in [-0.3, -0.25) is 4.79 Å². The summed E-state index contributed by atoms with van der Waals surface area (Å²) >= 11 is 1.38. The first-order valence-corrected chi connectivity index (χ1v) is 7.30. The minimum atomic E-state index is -0.222. The second-order valence-corrected chi connectivity index (χ2v) is 5.68. The zero-order valence-electron chi connectivity index (χ0n) is 11.7. The van der Waals surface area contributed by atoms with Gasteiger partial charge in [-0.15, -0.1) is 11.3 Å². The van der Waals surface area contributed by atoms with Crippen molar-refractivity contribution in [2.24, 2.45) is 0 Å². The van der Waals surface area contributed by atoms with Crippen LogP contribution in [0.5, 0.6) is 5.75 Å². The Kier molecular flexibility index (Phi) is 3.58. The lowest BCUT2D eigenvalue weighted by Gasteiger charge is -2.09. The van der Waals surface area contributed by atoms with E-state index >= 15 is 0 Å². The fourth-order valence-corrected chi connectivity index (χ4v) is 2.93. The third-order valence-electron chi connectivity index (χ3n) is 3.09. The van der Waals surface area contributed by atoms with Gasteiger partial charge in [0.05, 0.1) is 23.0 Å². The maximum atomic E-state index is 12.3. The van der Waals surface area contributed by atoms with E-state index in [0.717, 1.165) is 15.8 Å². The van der Waals surface area contributed by atoms with Gasteiger partial charge in [0.2, 0.25) is 0 Å². The molecule has 0 atom stereocenters. The van der Waals surface area contributed by atoms with E-state index in [-0.39, 0.29) is 5.91 Å². The number of rotatable bonds is 3. The number of aryl methyl sites for hydroxylation is 1. The molecule has 0 aliphatic heterocycles. The van der Waals surface area contributed by atoms with Gasteiger partial charge in [-0.05, 0) is 36.8 Å². The first-order valence-electron chi connectivity index (χ1n) is 6.49. The predicted molar refractivity (Wildman–Crippen MR) is 85.3 cm³/mol. The van der Waals surface area contributed by atoms with Gasteiger partial charge in [-0.1, -0.05) is 18.2 Å². The number of benzene rings is 2. The summed E-state index contributed by atoms with van der Waals surface area (Å²) in [5.41, 5.74) is 2.54. The maximum Gasteiger partial charge on any atom is 0.284 e. The summed E-state index contributed by atoms with van der Waals surface area (Å²) < 4.78 is 6.26. The molecule has 0 spiro atoms. The SMILES string of the molecule is COc1ccc(C)cc1NC(=O)c1nc2ccccc2s1. The fraction of sp³-hybridized carbons (Fsp3) is 0.125. The van der Waals surface area contributed by atoms with Crippen molar-refractivity contribution in [3.05, 3.63) is 53.0 Å². The zero-order valence-corrected chi connectivity index (χ0v) is 12.5. The summed E-state index contributed by atoms with van der Waals surface area (Å²) in [5, 5.41) is 3.31. The number of para-hydroxylation sites is 1. The molecule has 1 aromatic heterocycles. The van der Waals surface area contributed by atoms with E-state index in [1.165, 1.54) is 11.3 Å². The van der Waals surface area contributed by atoms with E-state index in [2.05, 4.69) is 10.3 Å². The number of thiazole rings is 1. The van der Waals surface area contributed by atoms with E-state index in [1.807, 2.05) is 49.4 Å². The molecule has 0 saturated carbocycles. The van der Waals surface area contributed by atoms with Crippen molar-refractivity contribution < 1.29 is 9.53 Å². The summed E-state index contributed by atoms with van der Waals surface area (Å²) in [4.78, 5) is 16.7. The van der Waals surface area contributed by atoms with E-state index in [9.17, 15) is 4.79 Å². The molecule has 21 heavy (non-hydrogen) atoms. The molecule has 0 saturated heterocycles. The van der Waals surface area contributed by atoms with Crippen molar-refractivity contribution in [2.75, 3.05) is 12.4 Å². The summed E-state index contributed by atoms with van der Waals surface area (Å²) in [6, 6.07) is 13.4. The number of fused-ring (bicyclic) bond motifs is 1. The third kappa shape index (κ3) is 2.73. The van der Waals surface area contributed by atoms with Gasteiger partial charge in [-0.25, -0.2) is 4.98 Å². The van der Waals surface area contributed by atoms with Crippen LogP contribution >= 0.6 is 11.3 Å². The van der Waals surface area contributed by atoms with Crippen molar-refractivity contribution in [3.63, 3.8) is 0 Å². The van der Waals surface area contributed by atoms with Crippen molar-refractivity contribution in [2.45, 2.75) is 6.92 Å². The molecule has 0 bridgehead atoms. The molecule has 0 radical (unpaired) electrons. The lowest BCUT2D eigenvalue weighted by atomic mass is 10.2. The summed E-state index contributed by atoms with van der Waals surface area (Å²) in [6.45, 7) is 1.97. The Morgan fingerprint density at radius 2 is 2.05 bits per heavy atom. The van der Waals surface area contributed by atoms with Crippen LogP contribution in [0.3, 0.4) is 0 Å². The number of hydrogen-bond donors (Lipinski definition) is 1. The molecule has 1 N–H and O–H groups in total. The summed E-state index contributed by atoms with van der Waals surface area (Å²) in [7, 11) is 1.58. The number of aromatic nitrogens is 1. The van der Waals surface area contributed by atoms with E-state index in [0.29, 0.717) is 16.4 Å². The number of nitrogens with one attached hydrogen (secondary N) is 1.